The van der Waals surface area contributed by atoms with Gasteiger partial charge in [-0.25, -0.2) is 4.73 Å². The van der Waals surface area contributed by atoms with Gasteiger partial charge in [-0.05, 0) is 0 Å². The molecule has 0 saturated carbocycles. The number of hydrogen-bond acceptors (Lipinski definition) is 3. The summed E-state index contributed by atoms with van der Waals surface area (Å²) < 4.78 is 0.620. The van der Waals surface area contributed by atoms with Crippen molar-refractivity contribution >= 4 is 12.6 Å². The molecule has 1 heterocycles. The lowest BCUT2D eigenvalue weighted by atomic mass is 10.5. The topological polar surface area (TPSA) is 39.8 Å². The van der Waals surface area contributed by atoms with Crippen LogP contribution in [0.3, 0.4) is 0 Å². The lowest BCUT2D eigenvalue weighted by Crippen LogP contribution is -2.25. The Bertz CT molecular complexity index is 226. The maximum Gasteiger partial charge on any atom is 0.289 e. The van der Waals surface area contributed by atoms with Crippen LogP contribution in [0, 0.1) is 12.1 Å². The van der Waals surface area contributed by atoms with Crippen molar-refractivity contribution in [1.82, 2.24) is 4.98 Å². The minimum atomic E-state index is 0.618. The summed E-state index contributed by atoms with van der Waals surface area (Å²) in [5.74, 6) is 0. The molecule has 0 bridgehead atoms. The molecule has 0 fully saturated rings. The second kappa shape index (κ2) is 2.23. The van der Waals surface area contributed by atoms with E-state index in [0.717, 1.165) is 5.69 Å². The van der Waals surface area contributed by atoms with Gasteiger partial charge in [-0.2, -0.15) is 0 Å². The van der Waals surface area contributed by atoms with Crippen LogP contribution in [0.5, 0.6) is 0 Å². The van der Waals surface area contributed by atoms with Crippen LogP contribution >= 0.6 is 12.6 Å². The van der Waals surface area contributed by atoms with Crippen LogP contribution in [-0.2, 0) is 0 Å². The molecule has 0 unspecified atom stereocenters. The highest BCUT2D eigenvalue weighted by molar-refractivity contribution is 7.80. The lowest BCUT2D eigenvalue weighted by Gasteiger charge is -1.98. The molecule has 0 saturated heterocycles. The maximum atomic E-state index is 10.4. The standard InChI is InChI=1S/C5H6N2OS/c1-4-5(9)2-7(8)3-6-4/h2-3,9H,1H3. The highest BCUT2D eigenvalue weighted by Gasteiger charge is 1.98. The number of aryl methyl sites for hydroxylation is 1. The average molecular weight is 142 g/mol. The van der Waals surface area contributed by atoms with Crippen molar-refractivity contribution in [2.75, 3.05) is 0 Å². The number of rotatable bonds is 0. The Morgan fingerprint density at radius 3 is 2.89 bits per heavy atom. The fourth-order valence-corrected chi connectivity index (χ4v) is 0.628. The van der Waals surface area contributed by atoms with Crippen LogP contribution in [0.25, 0.3) is 0 Å². The van der Waals surface area contributed by atoms with E-state index in [1.807, 2.05) is 0 Å². The SMILES string of the molecule is Cc1nc[n+]([O-])cc1S. The summed E-state index contributed by atoms with van der Waals surface area (Å²) in [6.07, 6.45) is 2.57. The van der Waals surface area contributed by atoms with E-state index < -0.39 is 0 Å². The molecule has 0 aliphatic rings. The van der Waals surface area contributed by atoms with Crippen LogP contribution in [0.15, 0.2) is 17.4 Å². The molecule has 9 heavy (non-hydrogen) atoms. The van der Waals surface area contributed by atoms with E-state index in [1.54, 1.807) is 6.92 Å². The number of aromatic nitrogens is 2. The van der Waals surface area contributed by atoms with Crippen LogP contribution in [0.4, 0.5) is 0 Å². The summed E-state index contributed by atoms with van der Waals surface area (Å²) in [4.78, 5) is 4.37. The van der Waals surface area contributed by atoms with Crippen molar-refractivity contribution in [2.45, 2.75) is 11.8 Å². The molecule has 1 aromatic heterocycles. The van der Waals surface area contributed by atoms with Crippen LogP contribution in [-0.4, -0.2) is 4.98 Å². The summed E-state index contributed by atoms with van der Waals surface area (Å²) in [5, 5.41) is 10.4. The predicted molar refractivity (Wildman–Crippen MR) is 35.2 cm³/mol. The number of thiol groups is 1. The van der Waals surface area contributed by atoms with E-state index in [-0.39, 0.29) is 0 Å². The van der Waals surface area contributed by atoms with Gasteiger partial charge in [0.25, 0.3) is 6.33 Å². The van der Waals surface area contributed by atoms with Gasteiger partial charge in [0.1, 0.15) is 6.20 Å². The zero-order chi connectivity index (χ0) is 6.85. The monoisotopic (exact) mass is 142 g/mol. The van der Waals surface area contributed by atoms with Crippen LogP contribution in [0.2, 0.25) is 0 Å². The van der Waals surface area contributed by atoms with E-state index in [4.69, 9.17) is 0 Å². The first-order valence-corrected chi connectivity index (χ1v) is 2.89. The Balaban J connectivity index is 3.17. The third-order valence-corrected chi connectivity index (χ3v) is 1.42. The molecular weight excluding hydrogens is 136 g/mol. The largest absolute Gasteiger partial charge is 0.711 e. The van der Waals surface area contributed by atoms with Gasteiger partial charge in [0.05, 0.1) is 4.90 Å². The zero-order valence-corrected chi connectivity index (χ0v) is 5.80. The Labute approximate surface area is 58.3 Å². The number of nitrogens with zero attached hydrogens (tertiary/aromatic N) is 2. The first-order valence-electron chi connectivity index (χ1n) is 2.44. The molecule has 0 atom stereocenters. The molecule has 48 valence electrons. The normalized spacial score (nSPS) is 9.56. The van der Waals surface area contributed by atoms with Crippen molar-refractivity contribution in [3.8, 4) is 0 Å². The third-order valence-electron chi connectivity index (χ3n) is 0.985. The second-order valence-corrected chi connectivity index (χ2v) is 2.19. The fourth-order valence-electron chi connectivity index (χ4n) is 0.457. The molecule has 0 aliphatic carbocycles. The molecule has 0 radical (unpaired) electrons. The first kappa shape index (κ1) is 6.35. The van der Waals surface area contributed by atoms with Crippen LogP contribution < -0.4 is 4.73 Å². The van der Waals surface area contributed by atoms with Crippen molar-refractivity contribution in [3.63, 3.8) is 0 Å². The summed E-state index contributed by atoms with van der Waals surface area (Å²) in [6.45, 7) is 1.79. The van der Waals surface area contributed by atoms with E-state index in [2.05, 4.69) is 17.6 Å². The Morgan fingerprint density at radius 2 is 2.44 bits per heavy atom. The minimum Gasteiger partial charge on any atom is -0.711 e. The Hall–Kier alpha value is -0.770. The molecule has 3 nitrogen and oxygen atoms in total. The molecule has 0 aliphatic heterocycles. The highest BCUT2D eigenvalue weighted by Crippen LogP contribution is 2.03. The Kier molecular flexibility index (Phi) is 1.57. The molecule has 0 amide bonds. The maximum absolute atomic E-state index is 10.4. The van der Waals surface area contributed by atoms with E-state index in [0.29, 0.717) is 9.63 Å². The molecule has 4 heteroatoms. The highest BCUT2D eigenvalue weighted by atomic mass is 32.1. The molecular formula is C5H6N2OS. The molecule has 0 aromatic carbocycles. The molecule has 1 rings (SSSR count). The molecule has 1 aromatic rings. The van der Waals surface area contributed by atoms with Gasteiger partial charge in [0.2, 0.25) is 0 Å². The van der Waals surface area contributed by atoms with Gasteiger partial charge in [-0.1, -0.05) is 4.98 Å². The summed E-state index contributed by atoms with van der Waals surface area (Å²) in [7, 11) is 0. The average Bonchev–Trinajstić information content (AvgIpc) is 1.80. The van der Waals surface area contributed by atoms with Gasteiger partial charge in [-0.15, -0.1) is 12.6 Å². The smallest absolute Gasteiger partial charge is 0.289 e. The summed E-state index contributed by atoms with van der Waals surface area (Å²) >= 11 is 3.98. The van der Waals surface area contributed by atoms with Crippen molar-refractivity contribution in [1.29, 1.82) is 0 Å². The Morgan fingerprint density at radius 1 is 1.78 bits per heavy atom. The van der Waals surface area contributed by atoms with E-state index in [9.17, 15) is 5.21 Å². The summed E-state index contributed by atoms with van der Waals surface area (Å²) in [5.41, 5.74) is 0.769. The summed E-state index contributed by atoms with van der Waals surface area (Å²) in [6, 6.07) is 0. The van der Waals surface area contributed by atoms with Gasteiger partial charge < -0.3 is 5.21 Å². The second-order valence-electron chi connectivity index (χ2n) is 1.70. The fraction of sp³-hybridized carbons (Fsp3) is 0.200. The predicted octanol–water partition coefficient (Wildman–Crippen LogP) is 0.312. The van der Waals surface area contributed by atoms with Crippen molar-refractivity contribution < 1.29 is 4.73 Å². The third kappa shape index (κ3) is 1.32. The van der Waals surface area contributed by atoms with Gasteiger partial charge >= 0.3 is 0 Å². The van der Waals surface area contributed by atoms with E-state index >= 15 is 0 Å². The first-order chi connectivity index (χ1) is 4.20. The van der Waals surface area contributed by atoms with Gasteiger partial charge in [-0.3, -0.25) is 0 Å². The van der Waals surface area contributed by atoms with Crippen molar-refractivity contribution in [3.05, 3.63) is 23.4 Å². The molecule has 0 N–H and O–H groups in total. The van der Waals surface area contributed by atoms with Gasteiger partial charge in [0.15, 0.2) is 5.69 Å². The quantitative estimate of drug-likeness (QED) is 0.322. The lowest BCUT2D eigenvalue weighted by molar-refractivity contribution is -0.611. The van der Waals surface area contributed by atoms with Gasteiger partial charge in [0, 0.05) is 6.92 Å². The van der Waals surface area contributed by atoms with Crippen molar-refractivity contribution in [2.24, 2.45) is 0 Å². The van der Waals surface area contributed by atoms with E-state index in [1.165, 1.54) is 12.5 Å². The zero-order valence-electron chi connectivity index (χ0n) is 4.90. The van der Waals surface area contributed by atoms with Crippen LogP contribution in [0.1, 0.15) is 5.69 Å². The number of hydrogen-bond donors (Lipinski definition) is 1. The minimum absolute atomic E-state index is 0.618. The molecule has 0 spiro atoms.